The van der Waals surface area contributed by atoms with Crippen LogP contribution >= 0.6 is 0 Å². The number of halogens is 3. The zero-order valence-corrected chi connectivity index (χ0v) is 17.1. The van der Waals surface area contributed by atoms with Gasteiger partial charge in [-0.2, -0.15) is 18.3 Å². The Morgan fingerprint density at radius 3 is 2.06 bits per heavy atom. The van der Waals surface area contributed by atoms with Gasteiger partial charge in [0.05, 0.1) is 32.6 Å². The van der Waals surface area contributed by atoms with Gasteiger partial charge in [0, 0.05) is 12.1 Å². The van der Waals surface area contributed by atoms with Crippen molar-refractivity contribution in [2.45, 2.75) is 6.18 Å². The monoisotopic (exact) mass is 491 g/mol. The van der Waals surface area contributed by atoms with Gasteiger partial charge < -0.3 is 4.74 Å². The zero-order chi connectivity index (χ0) is 25.8. The fraction of sp³-hybridized carbons (Fsp3) is 0.0500. The van der Waals surface area contributed by atoms with Crippen LogP contribution in [0.1, 0.15) is 11.1 Å². The lowest BCUT2D eigenvalue weighted by atomic mass is 10.1. The lowest BCUT2D eigenvalue weighted by Crippen LogP contribution is -2.06. The van der Waals surface area contributed by atoms with Crippen LogP contribution in [0.5, 0.6) is 11.5 Å². The number of anilines is 1. The SMILES string of the molecule is O=[N+]([O-])c1ccc(Oc2ccc(/C=N\Nc3ccc(C(F)(F)F)cc3[N+](=O)[O-])cc2)c([N+](=O)[O-])c1. The molecule has 0 spiro atoms. The first kappa shape index (κ1) is 24.6. The molecule has 0 aliphatic carbocycles. The molecule has 0 fully saturated rings. The van der Waals surface area contributed by atoms with Crippen LogP contribution in [0.4, 0.5) is 35.9 Å². The Morgan fingerprint density at radius 1 is 0.829 bits per heavy atom. The van der Waals surface area contributed by atoms with Crippen LogP contribution < -0.4 is 10.2 Å². The lowest BCUT2D eigenvalue weighted by Gasteiger charge is -2.08. The summed E-state index contributed by atoms with van der Waals surface area (Å²) >= 11 is 0. The lowest BCUT2D eigenvalue weighted by molar-refractivity contribution is -0.394. The van der Waals surface area contributed by atoms with Gasteiger partial charge in [0.15, 0.2) is 0 Å². The Balaban J connectivity index is 1.73. The minimum absolute atomic E-state index is 0.158. The second-order valence-corrected chi connectivity index (χ2v) is 6.69. The smallest absolute Gasteiger partial charge is 0.416 e. The number of alkyl halides is 3. The van der Waals surface area contributed by atoms with Crippen molar-refractivity contribution in [2.24, 2.45) is 5.10 Å². The summed E-state index contributed by atoms with van der Waals surface area (Å²) in [6.45, 7) is 0. The molecule has 0 aliphatic heterocycles. The average Bonchev–Trinajstić information content (AvgIpc) is 2.79. The molecule has 0 saturated carbocycles. The number of nitro benzene ring substituents is 3. The molecule has 0 atom stereocenters. The molecule has 0 aromatic heterocycles. The highest BCUT2D eigenvalue weighted by atomic mass is 19.4. The van der Waals surface area contributed by atoms with Crippen LogP contribution in [0, 0.1) is 30.3 Å². The summed E-state index contributed by atoms with van der Waals surface area (Å²) < 4.78 is 43.7. The number of hydrazone groups is 1. The molecule has 0 bridgehead atoms. The summed E-state index contributed by atoms with van der Waals surface area (Å²) in [6, 6.07) is 10.6. The number of nitro groups is 3. The van der Waals surface area contributed by atoms with E-state index in [9.17, 15) is 43.5 Å². The van der Waals surface area contributed by atoms with Gasteiger partial charge >= 0.3 is 11.9 Å². The first-order valence-electron chi connectivity index (χ1n) is 9.31. The van der Waals surface area contributed by atoms with Crippen molar-refractivity contribution in [3.05, 3.63) is 102 Å². The molecule has 35 heavy (non-hydrogen) atoms. The van der Waals surface area contributed by atoms with Crippen LogP contribution in [-0.4, -0.2) is 21.0 Å². The standard InChI is InChI=1S/C20H12F3N5O7/c21-20(22,23)13-3-7-16(17(9-13)27(31)32)25-24-11-12-1-5-15(6-2-12)35-19-8-4-14(26(29)30)10-18(19)28(33)34/h1-11,25H/b24-11-. The molecule has 3 aromatic carbocycles. The van der Waals surface area contributed by atoms with Crippen LogP contribution in [0.25, 0.3) is 0 Å². The summed E-state index contributed by atoms with van der Waals surface area (Å²) in [5, 5.41) is 36.9. The van der Waals surface area contributed by atoms with E-state index in [0.29, 0.717) is 17.7 Å². The third-order valence-electron chi connectivity index (χ3n) is 4.38. The normalized spacial score (nSPS) is 11.3. The minimum Gasteiger partial charge on any atom is -0.450 e. The van der Waals surface area contributed by atoms with Crippen molar-refractivity contribution in [1.82, 2.24) is 0 Å². The molecule has 0 saturated heterocycles. The maximum atomic E-state index is 12.8. The Hall–Kier alpha value is -5.08. The summed E-state index contributed by atoms with van der Waals surface area (Å²) in [6.07, 6.45) is -3.52. The molecule has 0 aliphatic rings. The number of nitrogens with one attached hydrogen (secondary N) is 1. The largest absolute Gasteiger partial charge is 0.450 e. The Kier molecular flexibility index (Phi) is 6.89. The van der Waals surface area contributed by atoms with E-state index in [4.69, 9.17) is 4.74 Å². The maximum absolute atomic E-state index is 12.8. The first-order chi connectivity index (χ1) is 16.5. The van der Waals surface area contributed by atoms with E-state index in [0.717, 1.165) is 24.3 Å². The molecule has 3 rings (SSSR count). The van der Waals surface area contributed by atoms with E-state index >= 15 is 0 Å². The van der Waals surface area contributed by atoms with Crippen molar-refractivity contribution in [1.29, 1.82) is 0 Å². The van der Waals surface area contributed by atoms with E-state index < -0.39 is 43.6 Å². The van der Waals surface area contributed by atoms with E-state index in [-0.39, 0.29) is 17.2 Å². The van der Waals surface area contributed by atoms with Crippen molar-refractivity contribution < 1.29 is 32.7 Å². The third kappa shape index (κ3) is 6.04. The van der Waals surface area contributed by atoms with Gasteiger partial charge in [0.1, 0.15) is 11.4 Å². The third-order valence-corrected chi connectivity index (χ3v) is 4.38. The van der Waals surface area contributed by atoms with Crippen LogP contribution in [0.2, 0.25) is 0 Å². The van der Waals surface area contributed by atoms with Gasteiger partial charge in [-0.25, -0.2) is 0 Å². The Morgan fingerprint density at radius 2 is 1.49 bits per heavy atom. The molecule has 15 heteroatoms. The van der Waals surface area contributed by atoms with Gasteiger partial charge in [-0.1, -0.05) is 0 Å². The van der Waals surface area contributed by atoms with E-state index in [1.807, 2.05) is 0 Å². The summed E-state index contributed by atoms with van der Waals surface area (Å²) in [4.78, 5) is 30.5. The first-order valence-corrected chi connectivity index (χ1v) is 9.31. The number of hydrogen-bond donors (Lipinski definition) is 1. The molecule has 1 N–H and O–H groups in total. The number of rotatable bonds is 8. The fourth-order valence-corrected chi connectivity index (χ4v) is 2.73. The predicted molar refractivity (Wildman–Crippen MR) is 116 cm³/mol. The molecule has 0 radical (unpaired) electrons. The molecule has 180 valence electrons. The van der Waals surface area contributed by atoms with Gasteiger partial charge in [0.2, 0.25) is 5.75 Å². The van der Waals surface area contributed by atoms with Crippen molar-refractivity contribution in [3.63, 3.8) is 0 Å². The topological polar surface area (TPSA) is 163 Å². The van der Waals surface area contributed by atoms with Gasteiger partial charge in [0.25, 0.3) is 11.4 Å². The molecular weight excluding hydrogens is 479 g/mol. The van der Waals surface area contributed by atoms with Gasteiger partial charge in [-0.3, -0.25) is 35.8 Å². The predicted octanol–water partition coefficient (Wildman–Crippen LogP) is 5.67. The number of hydrogen-bond acceptors (Lipinski definition) is 9. The number of non-ortho nitro benzene ring substituents is 1. The number of ether oxygens (including phenoxy) is 1. The van der Waals surface area contributed by atoms with E-state index in [1.165, 1.54) is 30.5 Å². The Bertz CT molecular complexity index is 1330. The molecule has 0 heterocycles. The van der Waals surface area contributed by atoms with Crippen LogP contribution in [-0.2, 0) is 6.18 Å². The van der Waals surface area contributed by atoms with E-state index in [2.05, 4.69) is 10.5 Å². The molecular formula is C20H12F3N5O7. The fourth-order valence-electron chi connectivity index (χ4n) is 2.73. The number of nitrogens with zero attached hydrogens (tertiary/aromatic N) is 4. The summed E-state index contributed by atoms with van der Waals surface area (Å²) in [5.74, 6) is -0.0660. The highest BCUT2D eigenvalue weighted by Gasteiger charge is 2.33. The molecule has 0 unspecified atom stereocenters. The number of benzene rings is 3. The van der Waals surface area contributed by atoms with Crippen molar-refractivity contribution in [3.8, 4) is 11.5 Å². The Labute approximate surface area is 192 Å². The van der Waals surface area contributed by atoms with E-state index in [1.54, 1.807) is 0 Å². The van der Waals surface area contributed by atoms with Crippen molar-refractivity contribution >= 4 is 29.0 Å². The van der Waals surface area contributed by atoms with Crippen molar-refractivity contribution in [2.75, 3.05) is 5.43 Å². The average molecular weight is 491 g/mol. The highest BCUT2D eigenvalue weighted by molar-refractivity contribution is 5.80. The van der Waals surface area contributed by atoms with Gasteiger partial charge in [-0.05, 0) is 48.0 Å². The summed E-state index contributed by atoms with van der Waals surface area (Å²) in [7, 11) is 0. The quantitative estimate of drug-likeness (QED) is 0.239. The minimum atomic E-state index is -4.74. The van der Waals surface area contributed by atoms with Crippen LogP contribution in [0.15, 0.2) is 65.8 Å². The maximum Gasteiger partial charge on any atom is 0.416 e. The second-order valence-electron chi connectivity index (χ2n) is 6.69. The highest BCUT2D eigenvalue weighted by Crippen LogP contribution is 2.36. The molecule has 12 nitrogen and oxygen atoms in total. The van der Waals surface area contributed by atoms with Crippen LogP contribution in [0.3, 0.4) is 0 Å². The zero-order valence-electron chi connectivity index (χ0n) is 17.1. The second kappa shape index (κ2) is 9.82. The molecule has 3 aromatic rings. The molecule has 0 amide bonds. The van der Waals surface area contributed by atoms with Gasteiger partial charge in [-0.15, -0.1) is 0 Å². The summed E-state index contributed by atoms with van der Waals surface area (Å²) in [5.41, 5.74) is -0.580.